The minimum atomic E-state index is -1.72. The van der Waals surface area contributed by atoms with Gasteiger partial charge in [0.05, 0.1) is 30.5 Å². The second kappa shape index (κ2) is 11.0. The van der Waals surface area contributed by atoms with Gasteiger partial charge in [0.2, 0.25) is 12.6 Å². The summed E-state index contributed by atoms with van der Waals surface area (Å²) in [6.45, 7) is 3.14. The van der Waals surface area contributed by atoms with Crippen molar-refractivity contribution >= 4 is 18.0 Å². The van der Waals surface area contributed by atoms with Crippen molar-refractivity contribution in [1.82, 2.24) is 0 Å². The van der Waals surface area contributed by atoms with Gasteiger partial charge in [-0.25, -0.2) is 9.59 Å². The highest BCUT2D eigenvalue weighted by atomic mass is 16.8. The van der Waals surface area contributed by atoms with E-state index in [0.717, 1.165) is 12.3 Å². The average molecular weight is 520 g/mol. The van der Waals surface area contributed by atoms with Gasteiger partial charge >= 0.3 is 11.9 Å². The Labute approximate surface area is 211 Å². The van der Waals surface area contributed by atoms with Gasteiger partial charge in [0.15, 0.2) is 6.10 Å². The predicted octanol–water partition coefficient (Wildman–Crippen LogP) is -0.349. The molecule has 37 heavy (non-hydrogen) atoms. The molecule has 1 saturated carbocycles. The number of ether oxygens (including phenoxy) is 4. The molecule has 0 bridgehead atoms. The molecule has 2 aliphatic heterocycles. The van der Waals surface area contributed by atoms with Gasteiger partial charge in [0, 0.05) is 12.0 Å². The topological polar surface area (TPSA) is 192 Å². The number of benzene rings is 1. The summed E-state index contributed by atoms with van der Waals surface area (Å²) in [7, 11) is 0. The van der Waals surface area contributed by atoms with Gasteiger partial charge in [-0.2, -0.15) is 0 Å². The third-order valence-corrected chi connectivity index (χ3v) is 6.69. The van der Waals surface area contributed by atoms with Gasteiger partial charge in [-0.3, -0.25) is 0 Å². The van der Waals surface area contributed by atoms with Crippen molar-refractivity contribution in [2.75, 3.05) is 6.61 Å². The van der Waals surface area contributed by atoms with Crippen LogP contribution < -0.4 is 0 Å². The first-order chi connectivity index (χ1) is 17.6. The lowest BCUT2D eigenvalue weighted by molar-refractivity contribution is -0.340. The number of aliphatic hydroxyl groups is 4. The number of phenols is 1. The van der Waals surface area contributed by atoms with Crippen LogP contribution in [0.2, 0.25) is 0 Å². The number of carboxylic acid groups (broad SMARTS) is 1. The van der Waals surface area contributed by atoms with Gasteiger partial charge < -0.3 is 49.6 Å². The summed E-state index contributed by atoms with van der Waals surface area (Å²) in [5.41, 5.74) is 0.782. The molecule has 6 N–H and O–H groups in total. The van der Waals surface area contributed by atoms with Crippen LogP contribution in [0.1, 0.15) is 12.0 Å². The lowest BCUT2D eigenvalue weighted by Gasteiger charge is -2.43. The predicted molar refractivity (Wildman–Crippen MR) is 123 cm³/mol. The second-order valence-corrected chi connectivity index (χ2v) is 9.01. The standard InChI is InChI=1S/C25H28O12/c1-11-16(28)8-14-15(23(32)33)10-34-24(19(11)14)37-25-22(21(31)20(30)17(9-26)35-25)36-18(29)7-4-12-2-5-13(27)6-3-12/h2-7,10,14,16-17,19-22,24-28,30-31H,1,8-9H2,(H,32,33)/t14-,16-,17+,19-,20-,21-,22-,24+,25+/m1/s1. The Morgan fingerprint density at radius 2 is 1.81 bits per heavy atom. The van der Waals surface area contributed by atoms with Crippen LogP contribution in [0.3, 0.4) is 0 Å². The summed E-state index contributed by atoms with van der Waals surface area (Å²) in [6, 6.07) is 5.96. The number of fused-ring (bicyclic) bond motifs is 1. The molecule has 4 rings (SSSR count). The highest BCUT2D eigenvalue weighted by molar-refractivity contribution is 5.88. The van der Waals surface area contributed by atoms with E-state index in [1.807, 2.05) is 0 Å². The van der Waals surface area contributed by atoms with Crippen molar-refractivity contribution in [3.05, 3.63) is 59.9 Å². The summed E-state index contributed by atoms with van der Waals surface area (Å²) >= 11 is 0. The number of esters is 1. The van der Waals surface area contributed by atoms with Crippen LogP contribution in [0.5, 0.6) is 5.75 Å². The third-order valence-electron chi connectivity index (χ3n) is 6.69. The van der Waals surface area contributed by atoms with E-state index in [1.165, 1.54) is 18.2 Å². The zero-order valence-electron chi connectivity index (χ0n) is 19.5. The van der Waals surface area contributed by atoms with Crippen LogP contribution in [-0.2, 0) is 28.5 Å². The molecule has 0 unspecified atom stereocenters. The quantitative estimate of drug-likeness (QED) is 0.156. The molecule has 1 saturated heterocycles. The number of aliphatic hydroxyl groups excluding tert-OH is 4. The molecular formula is C25H28O12. The number of carbonyl (C=O) groups excluding carboxylic acids is 1. The smallest absolute Gasteiger partial charge is 0.334 e. The van der Waals surface area contributed by atoms with E-state index in [4.69, 9.17) is 18.9 Å². The number of hydrogen-bond donors (Lipinski definition) is 6. The van der Waals surface area contributed by atoms with Crippen LogP contribution in [0.25, 0.3) is 6.08 Å². The molecular weight excluding hydrogens is 492 g/mol. The Bertz CT molecular complexity index is 1080. The van der Waals surface area contributed by atoms with Crippen molar-refractivity contribution < 1.29 is 59.2 Å². The van der Waals surface area contributed by atoms with E-state index in [1.54, 1.807) is 12.1 Å². The van der Waals surface area contributed by atoms with E-state index >= 15 is 0 Å². The first kappa shape index (κ1) is 26.8. The molecule has 0 amide bonds. The largest absolute Gasteiger partial charge is 0.508 e. The number of carboxylic acids is 1. The maximum Gasteiger partial charge on any atom is 0.334 e. The Balaban J connectivity index is 1.54. The highest BCUT2D eigenvalue weighted by Crippen LogP contribution is 2.46. The van der Waals surface area contributed by atoms with Crippen LogP contribution in [-0.4, -0.2) is 92.3 Å². The summed E-state index contributed by atoms with van der Waals surface area (Å²) in [6.07, 6.45) is -6.44. The fourth-order valence-corrected chi connectivity index (χ4v) is 4.69. The zero-order chi connectivity index (χ0) is 26.9. The first-order valence-corrected chi connectivity index (χ1v) is 11.5. The number of aliphatic carboxylic acids is 1. The van der Waals surface area contributed by atoms with Gasteiger partial charge in [-0.15, -0.1) is 0 Å². The maximum absolute atomic E-state index is 12.5. The minimum absolute atomic E-state index is 0.0459. The van der Waals surface area contributed by atoms with Crippen molar-refractivity contribution in [2.24, 2.45) is 11.8 Å². The number of phenolic OH excluding ortho intramolecular Hbond substituents is 1. The summed E-state index contributed by atoms with van der Waals surface area (Å²) in [5.74, 6) is -3.57. The molecule has 2 fully saturated rings. The molecule has 12 heteroatoms. The molecule has 0 aromatic heterocycles. The number of aromatic hydroxyl groups is 1. The van der Waals surface area contributed by atoms with Gasteiger partial charge in [-0.1, -0.05) is 18.7 Å². The van der Waals surface area contributed by atoms with E-state index in [9.17, 15) is 40.2 Å². The zero-order valence-corrected chi connectivity index (χ0v) is 19.5. The van der Waals surface area contributed by atoms with Gasteiger partial charge in [0.1, 0.15) is 24.1 Å². The minimum Gasteiger partial charge on any atom is -0.508 e. The lowest BCUT2D eigenvalue weighted by Crippen LogP contribution is -2.61. The van der Waals surface area contributed by atoms with Crippen LogP contribution in [0.15, 0.2) is 54.3 Å². The summed E-state index contributed by atoms with van der Waals surface area (Å²) in [4.78, 5) is 24.2. The molecule has 0 radical (unpaired) electrons. The van der Waals surface area contributed by atoms with E-state index in [-0.39, 0.29) is 23.3 Å². The van der Waals surface area contributed by atoms with Crippen LogP contribution in [0.4, 0.5) is 0 Å². The SMILES string of the molecule is C=C1[C@H]2[C@H](O[C@@H]3O[C@@H](CO)[C@@H](O)[C@@H](O)[C@H]3OC(=O)C=Cc3ccc(O)cc3)OC=C(C(=O)O)[C@H]2C[C@H]1O. The molecule has 12 nitrogen and oxygen atoms in total. The van der Waals surface area contributed by atoms with E-state index in [0.29, 0.717) is 5.56 Å². The Morgan fingerprint density at radius 3 is 2.46 bits per heavy atom. The van der Waals surface area contributed by atoms with Crippen molar-refractivity contribution in [1.29, 1.82) is 0 Å². The summed E-state index contributed by atoms with van der Waals surface area (Å²) < 4.78 is 22.3. The summed E-state index contributed by atoms with van der Waals surface area (Å²) in [5, 5.41) is 59.7. The van der Waals surface area contributed by atoms with Gasteiger partial charge in [-0.05, 0) is 35.8 Å². The molecule has 3 aliphatic rings. The molecule has 2 heterocycles. The molecule has 1 aromatic rings. The Morgan fingerprint density at radius 1 is 1.11 bits per heavy atom. The lowest BCUT2D eigenvalue weighted by atomic mass is 9.85. The second-order valence-electron chi connectivity index (χ2n) is 9.01. The van der Waals surface area contributed by atoms with Crippen molar-refractivity contribution in [3.63, 3.8) is 0 Å². The van der Waals surface area contributed by atoms with Gasteiger partial charge in [0.25, 0.3) is 0 Å². The molecule has 0 spiro atoms. The van der Waals surface area contributed by atoms with Crippen molar-refractivity contribution in [2.45, 2.75) is 49.5 Å². The molecule has 200 valence electrons. The van der Waals surface area contributed by atoms with Crippen LogP contribution >= 0.6 is 0 Å². The fourth-order valence-electron chi connectivity index (χ4n) is 4.69. The fraction of sp³-hybridized carbons (Fsp3) is 0.440. The normalized spacial score (nSPS) is 35.5. The molecule has 9 atom stereocenters. The van der Waals surface area contributed by atoms with E-state index in [2.05, 4.69) is 6.58 Å². The average Bonchev–Trinajstić information content (AvgIpc) is 3.17. The Hall–Kier alpha value is -3.26. The number of hydrogen-bond acceptors (Lipinski definition) is 11. The molecule has 1 aliphatic carbocycles. The monoisotopic (exact) mass is 520 g/mol. The first-order valence-electron chi connectivity index (χ1n) is 11.5. The molecule has 1 aromatic carbocycles. The van der Waals surface area contributed by atoms with Crippen molar-refractivity contribution in [3.8, 4) is 5.75 Å². The maximum atomic E-state index is 12.5. The number of rotatable bonds is 7. The highest BCUT2D eigenvalue weighted by Gasteiger charge is 2.53. The third kappa shape index (κ3) is 5.54. The van der Waals surface area contributed by atoms with E-state index < -0.39 is 73.5 Å². The number of carbonyl (C=O) groups is 2. The Kier molecular flexibility index (Phi) is 7.97. The van der Waals surface area contributed by atoms with Crippen LogP contribution in [0, 0.1) is 11.8 Å².